The highest BCUT2D eigenvalue weighted by Crippen LogP contribution is 2.32. The maximum Gasteiger partial charge on any atom is 0.161 e. The van der Waals surface area contributed by atoms with Gasteiger partial charge < -0.3 is 10.5 Å². The molecule has 0 amide bonds. The van der Waals surface area contributed by atoms with Gasteiger partial charge in [-0.15, -0.1) is 11.3 Å². The monoisotopic (exact) mass is 289 g/mol. The van der Waals surface area contributed by atoms with E-state index in [9.17, 15) is 0 Å². The van der Waals surface area contributed by atoms with E-state index in [1.807, 2.05) is 18.2 Å². The van der Waals surface area contributed by atoms with E-state index in [0.29, 0.717) is 23.1 Å². The van der Waals surface area contributed by atoms with E-state index < -0.39 is 0 Å². The lowest BCUT2D eigenvalue weighted by Gasteiger charge is -2.10. The molecule has 3 aromatic rings. The molecule has 0 atom stereocenters. The van der Waals surface area contributed by atoms with Crippen LogP contribution >= 0.6 is 22.9 Å². The molecule has 0 spiro atoms. The largest absolute Gasteiger partial charge is 0.485 e. The summed E-state index contributed by atoms with van der Waals surface area (Å²) in [6.07, 6.45) is 0. The van der Waals surface area contributed by atoms with Gasteiger partial charge in [-0.3, -0.25) is 0 Å². The number of rotatable bonds is 3. The summed E-state index contributed by atoms with van der Waals surface area (Å²) in [5, 5.41) is 3.87. The van der Waals surface area contributed by atoms with Gasteiger partial charge in [-0.1, -0.05) is 35.9 Å². The van der Waals surface area contributed by atoms with Crippen LogP contribution in [0.5, 0.6) is 5.75 Å². The van der Waals surface area contributed by atoms with Crippen molar-refractivity contribution in [3.8, 4) is 5.75 Å². The summed E-state index contributed by atoms with van der Waals surface area (Å²) in [5.41, 5.74) is 7.58. The number of benzene rings is 2. The molecule has 1 aromatic heterocycles. The van der Waals surface area contributed by atoms with Gasteiger partial charge in [-0.25, -0.2) is 0 Å². The molecule has 0 bridgehead atoms. The Morgan fingerprint density at radius 3 is 2.79 bits per heavy atom. The van der Waals surface area contributed by atoms with Crippen LogP contribution < -0.4 is 10.5 Å². The molecule has 2 N–H and O–H groups in total. The van der Waals surface area contributed by atoms with Gasteiger partial charge in [-0.2, -0.15) is 0 Å². The smallest absolute Gasteiger partial charge is 0.161 e. The molecule has 0 radical (unpaired) electrons. The molecule has 0 aliphatic heterocycles. The first-order valence-electron chi connectivity index (χ1n) is 5.87. The Morgan fingerprint density at radius 1 is 1.11 bits per heavy atom. The van der Waals surface area contributed by atoms with E-state index in [1.165, 1.54) is 10.1 Å². The number of hydrogen-bond donors (Lipinski definition) is 1. The van der Waals surface area contributed by atoms with E-state index in [-0.39, 0.29) is 0 Å². The molecule has 4 heteroatoms. The summed E-state index contributed by atoms with van der Waals surface area (Å²) in [6, 6.07) is 13.6. The van der Waals surface area contributed by atoms with Crippen LogP contribution in [0.3, 0.4) is 0 Å². The molecule has 2 aromatic carbocycles. The fourth-order valence-electron chi connectivity index (χ4n) is 1.97. The predicted molar refractivity (Wildman–Crippen MR) is 82.0 cm³/mol. The summed E-state index contributed by atoms with van der Waals surface area (Å²) in [5.74, 6) is 0.555. The van der Waals surface area contributed by atoms with E-state index >= 15 is 0 Å². The highest BCUT2D eigenvalue weighted by Gasteiger charge is 2.08. The highest BCUT2D eigenvalue weighted by molar-refractivity contribution is 7.17. The third-order valence-corrected chi connectivity index (χ3v) is 4.24. The lowest BCUT2D eigenvalue weighted by molar-refractivity contribution is 0.310. The number of ether oxygens (including phenoxy) is 1. The van der Waals surface area contributed by atoms with Crippen molar-refractivity contribution in [2.24, 2.45) is 0 Å². The minimum Gasteiger partial charge on any atom is -0.485 e. The quantitative estimate of drug-likeness (QED) is 0.708. The molecule has 1 heterocycles. The second-order valence-corrected chi connectivity index (χ2v) is 5.52. The predicted octanol–water partition coefficient (Wildman–Crippen LogP) is 4.72. The van der Waals surface area contributed by atoms with Crippen LogP contribution in [0, 0.1) is 0 Å². The number of hydrogen-bond acceptors (Lipinski definition) is 3. The normalized spacial score (nSPS) is 10.8. The van der Waals surface area contributed by atoms with Crippen molar-refractivity contribution in [3.63, 3.8) is 0 Å². The lowest BCUT2D eigenvalue weighted by Crippen LogP contribution is -1.98. The van der Waals surface area contributed by atoms with Crippen molar-refractivity contribution in [1.82, 2.24) is 0 Å². The molecule has 19 heavy (non-hydrogen) atoms. The van der Waals surface area contributed by atoms with Crippen LogP contribution in [0.25, 0.3) is 10.1 Å². The van der Waals surface area contributed by atoms with Crippen molar-refractivity contribution in [2.75, 3.05) is 5.73 Å². The molecular formula is C15H12ClNOS. The number of anilines is 1. The highest BCUT2D eigenvalue weighted by atomic mass is 35.5. The van der Waals surface area contributed by atoms with Gasteiger partial charge in [-0.05, 0) is 29.0 Å². The van der Waals surface area contributed by atoms with Crippen molar-refractivity contribution < 1.29 is 4.74 Å². The summed E-state index contributed by atoms with van der Waals surface area (Å²) in [7, 11) is 0. The number of para-hydroxylation sites is 1. The van der Waals surface area contributed by atoms with Gasteiger partial charge in [0.2, 0.25) is 0 Å². The third-order valence-electron chi connectivity index (χ3n) is 2.93. The Kier molecular flexibility index (Phi) is 3.32. The molecule has 96 valence electrons. The number of halogens is 1. The molecule has 0 saturated heterocycles. The minimum absolute atomic E-state index is 0.470. The first-order chi connectivity index (χ1) is 9.25. The fourth-order valence-corrected chi connectivity index (χ4v) is 3.16. The van der Waals surface area contributed by atoms with E-state index in [1.54, 1.807) is 23.5 Å². The molecule has 3 rings (SSSR count). The molecule has 0 aliphatic rings. The second kappa shape index (κ2) is 5.11. The van der Waals surface area contributed by atoms with E-state index in [4.69, 9.17) is 22.1 Å². The van der Waals surface area contributed by atoms with Gasteiger partial charge in [0.05, 0.1) is 10.7 Å². The second-order valence-electron chi connectivity index (χ2n) is 4.20. The number of thiophene rings is 1. The summed E-state index contributed by atoms with van der Waals surface area (Å²) in [4.78, 5) is 0. The van der Waals surface area contributed by atoms with Crippen molar-refractivity contribution in [3.05, 3.63) is 58.4 Å². The van der Waals surface area contributed by atoms with Crippen LogP contribution in [-0.4, -0.2) is 0 Å². The van der Waals surface area contributed by atoms with Crippen LogP contribution in [0.1, 0.15) is 5.56 Å². The molecule has 0 unspecified atom stereocenters. The van der Waals surface area contributed by atoms with Crippen molar-refractivity contribution in [2.45, 2.75) is 6.61 Å². The Balaban J connectivity index is 1.87. The van der Waals surface area contributed by atoms with E-state index in [2.05, 4.69) is 17.5 Å². The summed E-state index contributed by atoms with van der Waals surface area (Å²) >= 11 is 7.80. The minimum atomic E-state index is 0.470. The average molecular weight is 290 g/mol. The average Bonchev–Trinajstić information content (AvgIpc) is 2.82. The van der Waals surface area contributed by atoms with E-state index in [0.717, 1.165) is 5.56 Å². The number of nitrogens with two attached hydrogens (primary N) is 1. The number of nitrogen functional groups attached to an aromatic ring is 1. The maximum absolute atomic E-state index is 6.09. The van der Waals surface area contributed by atoms with Crippen LogP contribution in [0.2, 0.25) is 5.02 Å². The van der Waals surface area contributed by atoms with Gasteiger partial charge >= 0.3 is 0 Å². The Hall–Kier alpha value is -1.71. The van der Waals surface area contributed by atoms with Crippen LogP contribution in [0.15, 0.2) is 47.8 Å². The topological polar surface area (TPSA) is 35.2 Å². The SMILES string of the molecule is Nc1cccc(Cl)c1OCc1csc2ccccc12. The zero-order valence-electron chi connectivity index (χ0n) is 10.1. The Labute approximate surface area is 120 Å². The van der Waals surface area contributed by atoms with Gasteiger partial charge in [0, 0.05) is 10.3 Å². The Bertz CT molecular complexity index is 703. The fraction of sp³-hybridized carbons (Fsp3) is 0.0667. The zero-order valence-corrected chi connectivity index (χ0v) is 11.7. The van der Waals surface area contributed by atoms with Crippen molar-refractivity contribution >= 4 is 38.7 Å². The molecule has 0 saturated carbocycles. The van der Waals surface area contributed by atoms with Crippen molar-refractivity contribution in [1.29, 1.82) is 0 Å². The summed E-state index contributed by atoms with van der Waals surface area (Å²) in [6.45, 7) is 0.470. The van der Waals surface area contributed by atoms with Gasteiger partial charge in [0.1, 0.15) is 6.61 Å². The van der Waals surface area contributed by atoms with Crippen LogP contribution in [-0.2, 0) is 6.61 Å². The van der Waals surface area contributed by atoms with Crippen LogP contribution in [0.4, 0.5) is 5.69 Å². The number of fused-ring (bicyclic) bond motifs is 1. The third kappa shape index (κ3) is 2.39. The maximum atomic E-state index is 6.09. The summed E-state index contributed by atoms with van der Waals surface area (Å²) < 4.78 is 7.03. The standard InChI is InChI=1S/C15H12ClNOS/c16-12-5-3-6-13(17)15(12)18-8-10-9-19-14-7-2-1-4-11(10)14/h1-7,9H,8,17H2. The molecule has 0 fully saturated rings. The Morgan fingerprint density at radius 2 is 1.95 bits per heavy atom. The lowest BCUT2D eigenvalue weighted by atomic mass is 10.2. The zero-order chi connectivity index (χ0) is 13.2. The molecular weight excluding hydrogens is 278 g/mol. The van der Waals surface area contributed by atoms with Gasteiger partial charge in [0.15, 0.2) is 5.75 Å². The van der Waals surface area contributed by atoms with Gasteiger partial charge in [0.25, 0.3) is 0 Å². The molecule has 0 aliphatic carbocycles. The first-order valence-corrected chi connectivity index (χ1v) is 7.13. The molecule has 2 nitrogen and oxygen atoms in total. The first kappa shape index (κ1) is 12.3.